The van der Waals surface area contributed by atoms with Gasteiger partial charge in [0.2, 0.25) is 0 Å². The molecule has 182 valence electrons. The average molecular weight is 492 g/mol. The number of fused-ring (bicyclic) bond motifs is 1. The zero-order valence-electron chi connectivity index (χ0n) is 19.9. The molecule has 0 atom stereocenters. The predicted octanol–water partition coefficient (Wildman–Crippen LogP) is 5.50. The molecule has 7 heteroatoms. The molecule has 0 radical (unpaired) electrons. The SMILES string of the molecule is COCCC(N)(CCOC)c1ccc(NC(=C2C(=O)Nc3cc(Cl)ccc32)c2ccccc2)cc1. The fourth-order valence-corrected chi connectivity index (χ4v) is 4.46. The first kappa shape index (κ1) is 24.9. The molecule has 0 fully saturated rings. The number of methoxy groups -OCH3 is 2. The minimum atomic E-state index is -0.561. The van der Waals surface area contributed by atoms with E-state index in [1.165, 1.54) is 0 Å². The minimum absolute atomic E-state index is 0.176. The fourth-order valence-electron chi connectivity index (χ4n) is 4.29. The maximum Gasteiger partial charge on any atom is 0.258 e. The molecule has 1 heterocycles. The second-order valence-corrected chi connectivity index (χ2v) is 9.04. The maximum atomic E-state index is 13.0. The summed E-state index contributed by atoms with van der Waals surface area (Å²) in [6, 6.07) is 23.2. The topological polar surface area (TPSA) is 85.6 Å². The lowest BCUT2D eigenvalue weighted by Gasteiger charge is -2.30. The van der Waals surface area contributed by atoms with Crippen molar-refractivity contribution >= 4 is 40.2 Å². The Bertz CT molecular complexity index is 1200. The molecule has 1 aliphatic heterocycles. The van der Waals surface area contributed by atoms with Crippen LogP contribution in [-0.2, 0) is 19.8 Å². The molecule has 4 N–H and O–H groups in total. The molecule has 0 saturated heterocycles. The van der Waals surface area contributed by atoms with Crippen LogP contribution < -0.4 is 16.4 Å². The molecule has 0 unspecified atom stereocenters. The van der Waals surface area contributed by atoms with E-state index in [-0.39, 0.29) is 5.91 Å². The van der Waals surface area contributed by atoms with Crippen LogP contribution in [0.4, 0.5) is 11.4 Å². The minimum Gasteiger partial charge on any atom is -0.385 e. The van der Waals surface area contributed by atoms with Crippen molar-refractivity contribution in [3.8, 4) is 0 Å². The van der Waals surface area contributed by atoms with Gasteiger partial charge in [-0.1, -0.05) is 60.1 Å². The standard InChI is InChI=1S/C28H30ClN3O3/c1-34-16-14-28(30,15-17-35-2)20-8-11-22(12-9-20)31-26(19-6-4-3-5-7-19)25-23-13-10-21(29)18-24(23)32-27(25)33/h3-13,18,31H,14-17,30H2,1-2H3,(H,32,33). The van der Waals surface area contributed by atoms with Crippen LogP contribution in [0, 0.1) is 0 Å². The number of hydrogen-bond donors (Lipinski definition) is 3. The first-order chi connectivity index (χ1) is 16.9. The molecule has 0 spiro atoms. The lowest BCUT2D eigenvalue weighted by Crippen LogP contribution is -2.39. The van der Waals surface area contributed by atoms with Gasteiger partial charge in [-0.15, -0.1) is 0 Å². The molecule has 3 aromatic rings. The number of carbonyl (C=O) groups excluding carboxylic acids is 1. The highest BCUT2D eigenvalue weighted by atomic mass is 35.5. The van der Waals surface area contributed by atoms with E-state index in [1.54, 1.807) is 26.4 Å². The number of hydrogen-bond acceptors (Lipinski definition) is 5. The van der Waals surface area contributed by atoms with E-state index in [0.717, 1.165) is 28.1 Å². The number of rotatable bonds is 10. The monoisotopic (exact) mass is 491 g/mol. The first-order valence-corrected chi connectivity index (χ1v) is 11.9. The Morgan fingerprint density at radius 1 is 0.971 bits per heavy atom. The van der Waals surface area contributed by atoms with Crippen LogP contribution in [0.1, 0.15) is 29.5 Å². The average Bonchev–Trinajstić information content (AvgIpc) is 3.20. The highest BCUT2D eigenvalue weighted by molar-refractivity contribution is 6.38. The van der Waals surface area contributed by atoms with Crippen molar-refractivity contribution in [3.63, 3.8) is 0 Å². The van der Waals surface area contributed by atoms with Gasteiger partial charge >= 0.3 is 0 Å². The second-order valence-electron chi connectivity index (χ2n) is 8.60. The third-order valence-electron chi connectivity index (χ3n) is 6.27. The van der Waals surface area contributed by atoms with Gasteiger partial charge in [0.05, 0.1) is 17.0 Å². The van der Waals surface area contributed by atoms with E-state index in [9.17, 15) is 4.79 Å². The van der Waals surface area contributed by atoms with Crippen molar-refractivity contribution in [2.24, 2.45) is 5.73 Å². The largest absolute Gasteiger partial charge is 0.385 e. The number of ether oxygens (including phenoxy) is 2. The van der Waals surface area contributed by atoms with Crippen molar-refractivity contribution in [2.45, 2.75) is 18.4 Å². The van der Waals surface area contributed by atoms with Crippen molar-refractivity contribution in [1.29, 1.82) is 0 Å². The van der Waals surface area contributed by atoms with Gasteiger partial charge < -0.3 is 25.8 Å². The molecule has 3 aromatic carbocycles. The van der Waals surface area contributed by atoms with Crippen LogP contribution in [0.15, 0.2) is 72.8 Å². The van der Waals surface area contributed by atoms with Gasteiger partial charge in [-0.25, -0.2) is 0 Å². The predicted molar refractivity (Wildman–Crippen MR) is 142 cm³/mol. The van der Waals surface area contributed by atoms with Gasteiger partial charge in [0, 0.05) is 49.2 Å². The molecular formula is C28H30ClN3O3. The first-order valence-electron chi connectivity index (χ1n) is 11.5. The Kier molecular flexibility index (Phi) is 7.88. The van der Waals surface area contributed by atoms with E-state index in [0.29, 0.717) is 42.3 Å². The summed E-state index contributed by atoms with van der Waals surface area (Å²) in [5.74, 6) is -0.176. The van der Waals surface area contributed by atoms with Crippen LogP contribution in [0.5, 0.6) is 0 Å². The number of nitrogens with one attached hydrogen (secondary N) is 2. The number of halogens is 1. The smallest absolute Gasteiger partial charge is 0.258 e. The Hall–Kier alpha value is -3.16. The molecule has 0 bridgehead atoms. The molecule has 4 rings (SSSR count). The maximum absolute atomic E-state index is 13.0. The summed E-state index contributed by atoms with van der Waals surface area (Å²) < 4.78 is 10.6. The van der Waals surface area contributed by atoms with Gasteiger partial charge in [-0.3, -0.25) is 4.79 Å². The molecule has 1 aliphatic rings. The lowest BCUT2D eigenvalue weighted by molar-refractivity contribution is -0.110. The Morgan fingerprint density at radius 3 is 2.26 bits per heavy atom. The van der Waals surface area contributed by atoms with E-state index in [2.05, 4.69) is 10.6 Å². The Morgan fingerprint density at radius 2 is 1.63 bits per heavy atom. The summed E-state index contributed by atoms with van der Waals surface area (Å²) in [6.45, 7) is 1.12. The van der Waals surface area contributed by atoms with Crippen LogP contribution in [0.2, 0.25) is 5.02 Å². The normalized spacial score (nSPS) is 14.5. The number of anilines is 2. The molecule has 0 aliphatic carbocycles. The zero-order valence-corrected chi connectivity index (χ0v) is 20.7. The highest BCUT2D eigenvalue weighted by Crippen LogP contribution is 2.39. The van der Waals surface area contributed by atoms with Gasteiger partial charge in [0.1, 0.15) is 0 Å². The third-order valence-corrected chi connectivity index (χ3v) is 6.51. The molecule has 1 amide bonds. The summed E-state index contributed by atoms with van der Waals surface area (Å²) in [4.78, 5) is 13.0. The van der Waals surface area contributed by atoms with Crippen molar-refractivity contribution in [1.82, 2.24) is 0 Å². The highest BCUT2D eigenvalue weighted by Gasteiger charge is 2.29. The van der Waals surface area contributed by atoms with Gasteiger partial charge in [-0.05, 0) is 48.2 Å². The van der Waals surface area contributed by atoms with E-state index in [4.69, 9.17) is 26.8 Å². The van der Waals surface area contributed by atoms with Crippen LogP contribution in [0.3, 0.4) is 0 Å². The van der Waals surface area contributed by atoms with Gasteiger partial charge in [0.15, 0.2) is 0 Å². The Balaban J connectivity index is 1.71. The molecule has 0 saturated carbocycles. The molecule has 0 aromatic heterocycles. The van der Waals surface area contributed by atoms with Crippen LogP contribution >= 0.6 is 11.6 Å². The second kappa shape index (κ2) is 11.1. The molecule has 35 heavy (non-hydrogen) atoms. The van der Waals surface area contributed by atoms with Crippen LogP contribution in [0.25, 0.3) is 11.3 Å². The van der Waals surface area contributed by atoms with Gasteiger partial charge in [-0.2, -0.15) is 0 Å². The van der Waals surface area contributed by atoms with E-state index < -0.39 is 5.54 Å². The van der Waals surface area contributed by atoms with Crippen molar-refractivity contribution < 1.29 is 14.3 Å². The quantitative estimate of drug-likeness (QED) is 0.326. The number of carbonyl (C=O) groups is 1. The third kappa shape index (κ3) is 5.57. The number of nitrogens with two attached hydrogens (primary N) is 1. The summed E-state index contributed by atoms with van der Waals surface area (Å²) in [5.41, 5.74) is 11.7. The summed E-state index contributed by atoms with van der Waals surface area (Å²) in [7, 11) is 3.35. The fraction of sp³-hybridized carbons (Fsp3) is 0.250. The van der Waals surface area contributed by atoms with Crippen LogP contribution in [-0.4, -0.2) is 33.3 Å². The zero-order chi connectivity index (χ0) is 24.8. The number of amides is 1. The molecule has 6 nitrogen and oxygen atoms in total. The van der Waals surface area contributed by atoms with E-state index in [1.807, 2.05) is 60.7 Å². The summed E-state index contributed by atoms with van der Waals surface area (Å²) >= 11 is 6.15. The van der Waals surface area contributed by atoms with Gasteiger partial charge in [0.25, 0.3) is 5.91 Å². The number of benzene rings is 3. The van der Waals surface area contributed by atoms with Crippen molar-refractivity contribution in [2.75, 3.05) is 38.1 Å². The molecular weight excluding hydrogens is 462 g/mol. The van der Waals surface area contributed by atoms with Crippen molar-refractivity contribution in [3.05, 3.63) is 94.5 Å². The summed E-state index contributed by atoms with van der Waals surface area (Å²) in [5, 5.41) is 6.99. The Labute approximate surface area is 211 Å². The van der Waals surface area contributed by atoms with E-state index >= 15 is 0 Å². The summed E-state index contributed by atoms with van der Waals surface area (Å²) in [6.07, 6.45) is 1.36. The lowest BCUT2D eigenvalue weighted by atomic mass is 9.85.